The number of benzene rings is 4. The second-order valence-electron chi connectivity index (χ2n) is 7.45. The lowest BCUT2D eigenvalue weighted by atomic mass is 10.1. The molecule has 5 rings (SSSR count). The number of hydrogen-bond acceptors (Lipinski definition) is 4. The van der Waals surface area contributed by atoms with Crippen molar-refractivity contribution in [1.82, 2.24) is 4.98 Å². The highest BCUT2D eigenvalue weighted by atomic mass is 35.5. The van der Waals surface area contributed by atoms with E-state index in [9.17, 15) is 4.79 Å². The third-order valence-electron chi connectivity index (χ3n) is 5.13. The van der Waals surface area contributed by atoms with Gasteiger partial charge < -0.3 is 14.5 Å². The lowest BCUT2D eigenvalue weighted by Gasteiger charge is -2.14. The summed E-state index contributed by atoms with van der Waals surface area (Å²) >= 11 is 6.21. The Morgan fingerprint density at radius 1 is 0.853 bits per heavy atom. The summed E-state index contributed by atoms with van der Waals surface area (Å²) in [6, 6.07) is 31.2. The molecule has 0 unspecified atom stereocenters. The average molecular weight is 467 g/mol. The molecule has 1 N–H and O–H groups in total. The number of para-hydroxylation sites is 1. The van der Waals surface area contributed by atoms with Crippen LogP contribution in [0.3, 0.4) is 0 Å². The first-order valence-corrected chi connectivity index (χ1v) is 11.0. The topological polar surface area (TPSA) is 64.4 Å². The van der Waals surface area contributed by atoms with Crippen LogP contribution in [0.15, 0.2) is 114 Å². The molecule has 0 spiro atoms. The molecule has 0 aliphatic rings. The van der Waals surface area contributed by atoms with Gasteiger partial charge in [-0.05, 0) is 42.5 Å². The minimum absolute atomic E-state index is 0.338. The normalized spacial score (nSPS) is 10.6. The van der Waals surface area contributed by atoms with Crippen LogP contribution >= 0.6 is 11.6 Å². The molecule has 5 aromatic rings. The molecule has 0 atom stereocenters. The Hall–Kier alpha value is -4.35. The van der Waals surface area contributed by atoms with E-state index in [0.29, 0.717) is 45.0 Å². The quantitative estimate of drug-likeness (QED) is 0.278. The van der Waals surface area contributed by atoms with Crippen LogP contribution in [0.1, 0.15) is 10.4 Å². The third kappa shape index (κ3) is 4.70. The van der Waals surface area contributed by atoms with E-state index in [4.69, 9.17) is 20.8 Å². The van der Waals surface area contributed by atoms with Crippen molar-refractivity contribution in [2.75, 3.05) is 5.32 Å². The number of anilines is 1. The first kappa shape index (κ1) is 21.5. The summed E-state index contributed by atoms with van der Waals surface area (Å²) in [5, 5.41) is 3.39. The molecule has 0 aliphatic carbocycles. The number of amides is 1. The molecule has 5 nitrogen and oxygen atoms in total. The zero-order valence-corrected chi connectivity index (χ0v) is 18.7. The number of nitrogens with one attached hydrogen (secondary N) is 1. The number of carbonyl (C=O) groups is 1. The van der Waals surface area contributed by atoms with Gasteiger partial charge in [-0.25, -0.2) is 4.98 Å². The van der Waals surface area contributed by atoms with Crippen molar-refractivity contribution < 1.29 is 13.9 Å². The van der Waals surface area contributed by atoms with Crippen LogP contribution in [-0.2, 0) is 0 Å². The Morgan fingerprint density at radius 3 is 2.35 bits per heavy atom. The van der Waals surface area contributed by atoms with Crippen molar-refractivity contribution in [2.45, 2.75) is 0 Å². The molecule has 0 aliphatic heterocycles. The van der Waals surface area contributed by atoms with E-state index in [0.717, 1.165) is 5.56 Å². The van der Waals surface area contributed by atoms with Crippen molar-refractivity contribution in [1.29, 1.82) is 0 Å². The molecule has 6 heteroatoms. The van der Waals surface area contributed by atoms with Crippen LogP contribution in [0, 0.1) is 0 Å². The summed E-state index contributed by atoms with van der Waals surface area (Å²) < 4.78 is 11.9. The molecular formula is C28H19ClN2O3. The van der Waals surface area contributed by atoms with Crippen molar-refractivity contribution in [3.63, 3.8) is 0 Å². The smallest absolute Gasteiger partial charge is 0.256 e. The molecule has 1 aromatic heterocycles. The maximum atomic E-state index is 13.3. The summed E-state index contributed by atoms with van der Waals surface area (Å²) in [6.45, 7) is 0. The maximum Gasteiger partial charge on any atom is 0.256 e. The Bertz CT molecular complexity index is 1430. The number of ether oxygens (including phenoxy) is 1. The van der Waals surface area contributed by atoms with Gasteiger partial charge in [0.25, 0.3) is 5.91 Å². The highest BCUT2D eigenvalue weighted by Crippen LogP contribution is 2.33. The van der Waals surface area contributed by atoms with Gasteiger partial charge in [0.1, 0.15) is 5.75 Å². The molecule has 0 radical (unpaired) electrons. The number of rotatable bonds is 6. The second kappa shape index (κ2) is 9.65. The van der Waals surface area contributed by atoms with Crippen LogP contribution < -0.4 is 10.1 Å². The maximum absolute atomic E-state index is 13.3. The fourth-order valence-corrected chi connectivity index (χ4v) is 3.67. The van der Waals surface area contributed by atoms with Crippen LogP contribution in [0.25, 0.3) is 22.8 Å². The van der Waals surface area contributed by atoms with Crippen LogP contribution in [0.2, 0.25) is 5.02 Å². The summed E-state index contributed by atoms with van der Waals surface area (Å²) in [4.78, 5) is 17.7. The molecule has 4 aromatic carbocycles. The van der Waals surface area contributed by atoms with E-state index in [1.807, 2.05) is 66.7 Å². The number of carbonyl (C=O) groups excluding carboxylic acids is 1. The van der Waals surface area contributed by atoms with Gasteiger partial charge >= 0.3 is 0 Å². The molecule has 34 heavy (non-hydrogen) atoms. The molecule has 0 bridgehead atoms. The molecule has 1 heterocycles. The van der Waals surface area contributed by atoms with E-state index in [1.54, 1.807) is 42.6 Å². The third-order valence-corrected chi connectivity index (χ3v) is 5.36. The second-order valence-corrected chi connectivity index (χ2v) is 7.89. The van der Waals surface area contributed by atoms with Gasteiger partial charge in [-0.2, -0.15) is 0 Å². The predicted octanol–water partition coefficient (Wildman–Crippen LogP) is 7.71. The molecular weight excluding hydrogens is 448 g/mol. The van der Waals surface area contributed by atoms with Crippen LogP contribution in [-0.4, -0.2) is 10.9 Å². The van der Waals surface area contributed by atoms with E-state index in [2.05, 4.69) is 10.3 Å². The van der Waals surface area contributed by atoms with Crippen LogP contribution in [0.5, 0.6) is 11.5 Å². The fourth-order valence-electron chi connectivity index (χ4n) is 3.50. The molecule has 0 fully saturated rings. The summed E-state index contributed by atoms with van der Waals surface area (Å²) in [7, 11) is 0. The average Bonchev–Trinajstić information content (AvgIpc) is 3.37. The highest BCUT2D eigenvalue weighted by Gasteiger charge is 2.19. The van der Waals surface area contributed by atoms with E-state index in [1.165, 1.54) is 0 Å². The summed E-state index contributed by atoms with van der Waals surface area (Å²) in [5.74, 6) is 1.77. The lowest BCUT2D eigenvalue weighted by Crippen LogP contribution is -2.14. The van der Waals surface area contributed by atoms with Gasteiger partial charge in [-0.3, -0.25) is 4.79 Å². The number of oxazole rings is 1. The Kier molecular flexibility index (Phi) is 6.10. The van der Waals surface area contributed by atoms with Gasteiger partial charge in [0.15, 0.2) is 11.5 Å². The van der Waals surface area contributed by atoms with Crippen molar-refractivity contribution in [3.8, 4) is 34.3 Å². The highest BCUT2D eigenvalue weighted by molar-refractivity contribution is 6.31. The first-order chi connectivity index (χ1) is 16.7. The van der Waals surface area contributed by atoms with Crippen molar-refractivity contribution in [3.05, 3.63) is 120 Å². The number of aromatic nitrogens is 1. The monoisotopic (exact) mass is 466 g/mol. The molecule has 0 saturated carbocycles. The summed E-state index contributed by atoms with van der Waals surface area (Å²) in [5.41, 5.74) is 2.35. The number of nitrogens with zero attached hydrogens (tertiary/aromatic N) is 1. The standard InChI is InChI=1S/C28H19ClN2O3/c29-20-15-16-25(33-21-11-5-2-6-12-21)24(17-20)31-27(32)22-13-7-8-14-23(22)28-30-18-26(34-28)19-9-3-1-4-10-19/h1-18H,(H,31,32). The first-order valence-electron chi connectivity index (χ1n) is 10.6. The largest absolute Gasteiger partial charge is 0.455 e. The van der Waals surface area contributed by atoms with E-state index < -0.39 is 0 Å². The number of halogens is 1. The van der Waals surface area contributed by atoms with E-state index in [-0.39, 0.29) is 5.91 Å². The summed E-state index contributed by atoms with van der Waals surface area (Å²) in [6.07, 6.45) is 1.65. The van der Waals surface area contributed by atoms with Gasteiger partial charge in [0.05, 0.1) is 17.4 Å². The molecule has 0 saturated heterocycles. The number of hydrogen-bond donors (Lipinski definition) is 1. The Labute approximate surface area is 201 Å². The minimum atomic E-state index is -0.338. The molecule has 166 valence electrons. The van der Waals surface area contributed by atoms with Crippen molar-refractivity contribution >= 4 is 23.2 Å². The SMILES string of the molecule is O=C(Nc1cc(Cl)ccc1Oc1ccccc1)c1ccccc1-c1ncc(-c2ccccc2)o1. The zero-order valence-electron chi connectivity index (χ0n) is 17.9. The van der Waals surface area contributed by atoms with E-state index >= 15 is 0 Å². The lowest BCUT2D eigenvalue weighted by molar-refractivity contribution is 0.102. The fraction of sp³-hybridized carbons (Fsp3) is 0. The Morgan fingerprint density at radius 2 is 1.56 bits per heavy atom. The van der Waals surface area contributed by atoms with Crippen LogP contribution in [0.4, 0.5) is 5.69 Å². The van der Waals surface area contributed by atoms with Crippen molar-refractivity contribution in [2.24, 2.45) is 0 Å². The zero-order chi connectivity index (χ0) is 23.3. The predicted molar refractivity (Wildman–Crippen MR) is 133 cm³/mol. The van der Waals surface area contributed by atoms with Gasteiger partial charge in [0, 0.05) is 16.1 Å². The van der Waals surface area contributed by atoms with Gasteiger partial charge in [-0.15, -0.1) is 0 Å². The van der Waals surface area contributed by atoms with Gasteiger partial charge in [0.2, 0.25) is 5.89 Å². The minimum Gasteiger partial charge on any atom is -0.455 e. The van der Waals surface area contributed by atoms with Gasteiger partial charge in [-0.1, -0.05) is 72.3 Å². The Balaban J connectivity index is 1.44. The molecule has 1 amide bonds.